The van der Waals surface area contributed by atoms with Crippen molar-refractivity contribution < 1.29 is 6.51 Å². The first-order chi connectivity index (χ1) is 12.0. The number of rotatable bonds is 3. The summed E-state index contributed by atoms with van der Waals surface area (Å²) in [6, 6.07) is 23.3. The van der Waals surface area contributed by atoms with Gasteiger partial charge in [-0.25, -0.2) is 0 Å². The van der Waals surface area contributed by atoms with Crippen molar-refractivity contribution >= 4 is 30.1 Å². The van der Waals surface area contributed by atoms with E-state index >= 15 is 0 Å². The van der Waals surface area contributed by atoms with Crippen LogP contribution in [0.15, 0.2) is 60.7 Å². The van der Waals surface area contributed by atoms with E-state index < -0.39 is 6.51 Å². The van der Waals surface area contributed by atoms with Crippen molar-refractivity contribution in [2.75, 3.05) is 0 Å². The van der Waals surface area contributed by atoms with E-state index in [9.17, 15) is 0 Å². The standard InChI is InChI=1S/C17H13ClP.C5H5.Fe/c18-16-12-7-13-17(16)19(14-8-3-1-4-9-14)15-10-5-2-6-11-15;1-2-4-5-3-1;/h1-13H;1-5H;. The average Bonchev–Trinajstić information content (AvgIpc) is 3.60. The van der Waals surface area contributed by atoms with Crippen LogP contribution in [0.4, 0.5) is 0 Å². The van der Waals surface area contributed by atoms with Gasteiger partial charge in [-0.2, -0.15) is 0 Å². The molecule has 5 atom stereocenters. The van der Waals surface area contributed by atoms with Crippen LogP contribution in [0.3, 0.4) is 0 Å². The minimum atomic E-state index is -3.45. The van der Waals surface area contributed by atoms with Gasteiger partial charge in [-0.15, -0.1) is 0 Å². The molecule has 0 N–H and O–H groups in total. The van der Waals surface area contributed by atoms with Crippen molar-refractivity contribution in [2.45, 2.75) is 46.4 Å². The van der Waals surface area contributed by atoms with E-state index in [0.717, 1.165) is 4.82 Å². The van der Waals surface area contributed by atoms with Crippen LogP contribution in [-0.2, 0) is 6.51 Å². The van der Waals surface area contributed by atoms with Gasteiger partial charge in [0, 0.05) is 0 Å². The summed E-state index contributed by atoms with van der Waals surface area (Å²) in [5.41, 5.74) is 0. The van der Waals surface area contributed by atoms with Gasteiger partial charge < -0.3 is 0 Å². The first-order valence-electron chi connectivity index (χ1n) is 9.83. The predicted octanol–water partition coefficient (Wildman–Crippen LogP) is 5.56. The zero-order chi connectivity index (χ0) is 15.7. The van der Waals surface area contributed by atoms with Crippen LogP contribution in [0.5, 0.6) is 0 Å². The van der Waals surface area contributed by atoms with E-state index in [2.05, 4.69) is 60.7 Å². The Labute approximate surface area is 143 Å². The number of fused-ring (bicyclic) bond motifs is 10. The number of hydrogen-bond acceptors (Lipinski definition) is 0. The molecule has 25 heavy (non-hydrogen) atoms. The third kappa shape index (κ3) is 0.169. The van der Waals surface area contributed by atoms with Gasteiger partial charge in [-0.3, -0.25) is 0 Å². The molecule has 12 rings (SSSR count). The zero-order valence-electron chi connectivity index (χ0n) is 13.6. The minimum absolute atomic E-state index is 0.249. The van der Waals surface area contributed by atoms with E-state index in [1.807, 2.05) is 0 Å². The first-order valence-corrected chi connectivity index (χ1v) is 17.8. The van der Waals surface area contributed by atoms with Crippen molar-refractivity contribution in [3.05, 3.63) is 60.7 Å². The number of alkyl halides is 1. The quantitative estimate of drug-likeness (QED) is 0.357. The van der Waals surface area contributed by atoms with Gasteiger partial charge in [-0.05, 0) is 0 Å². The number of hydrogen-bond donors (Lipinski definition) is 0. The van der Waals surface area contributed by atoms with Crippen LogP contribution in [0.25, 0.3) is 0 Å². The Morgan fingerprint density at radius 1 is 0.680 bits per heavy atom. The van der Waals surface area contributed by atoms with Crippen LogP contribution in [0.2, 0.25) is 38.5 Å². The van der Waals surface area contributed by atoms with E-state index in [1.54, 1.807) is 10.6 Å². The molecule has 10 fully saturated rings. The molecular formula is C22H18ClFeP. The molecule has 0 aromatic heterocycles. The summed E-state index contributed by atoms with van der Waals surface area (Å²) in [6.07, 6.45) is 0. The molecule has 0 radical (unpaired) electrons. The monoisotopic (exact) mass is 404 g/mol. The molecule has 0 aliphatic carbocycles. The summed E-state index contributed by atoms with van der Waals surface area (Å²) < 4.78 is 1.11. The zero-order valence-corrected chi connectivity index (χ0v) is 16.3. The molecule has 2 aromatic carbocycles. The molecule has 1 spiro atoms. The van der Waals surface area contributed by atoms with Crippen LogP contribution in [-0.4, -0.2) is 7.83 Å². The van der Waals surface area contributed by atoms with Gasteiger partial charge >= 0.3 is 144 Å². The Hall–Kier alpha value is -0.321. The van der Waals surface area contributed by atoms with E-state index in [1.165, 1.54) is 33.7 Å². The summed E-state index contributed by atoms with van der Waals surface area (Å²) in [5.74, 6) is 0. The molecule has 10 saturated heterocycles. The van der Waals surface area contributed by atoms with Gasteiger partial charge in [0.25, 0.3) is 0 Å². The molecule has 10 aliphatic rings. The molecule has 5 unspecified atom stereocenters. The first kappa shape index (κ1) is 10.9. The SMILES string of the molecule is Cl[C]12[CH]3[CH]4[CH]5[C]1(P(c1ccccc1)c1ccccc1)[Fe]43521678[CH]2[CH]1[CH]6[CH]7[CH]28. The van der Waals surface area contributed by atoms with Crippen molar-refractivity contribution in [1.82, 2.24) is 0 Å². The van der Waals surface area contributed by atoms with Gasteiger partial charge in [0.2, 0.25) is 0 Å². The summed E-state index contributed by atoms with van der Waals surface area (Å²) in [7, 11) is -0.249. The topological polar surface area (TPSA) is 0 Å². The number of benzene rings is 2. The van der Waals surface area contributed by atoms with Gasteiger partial charge in [-0.1, -0.05) is 0 Å². The maximum atomic E-state index is 7.95. The third-order valence-corrected chi connectivity index (χ3v) is 69.9. The average molecular weight is 405 g/mol. The molecule has 0 nitrogen and oxygen atoms in total. The molecule has 10 heterocycles. The Morgan fingerprint density at radius 2 is 1.16 bits per heavy atom. The molecule has 126 valence electrons. The summed E-state index contributed by atoms with van der Waals surface area (Å²) in [5, 5.41) is 3.30. The molecule has 10 aliphatic heterocycles. The summed E-state index contributed by atoms with van der Waals surface area (Å²) >= 11 is 7.95. The Balaban J connectivity index is 1.33. The Morgan fingerprint density at radius 3 is 1.44 bits per heavy atom. The second kappa shape index (κ2) is 1.23. The fourth-order valence-corrected chi connectivity index (χ4v) is 113. The van der Waals surface area contributed by atoms with Gasteiger partial charge in [0.15, 0.2) is 0 Å². The van der Waals surface area contributed by atoms with Crippen LogP contribution in [0.1, 0.15) is 0 Å². The second-order valence-electron chi connectivity index (χ2n) is 12.6. The summed E-state index contributed by atoms with van der Waals surface area (Å²) in [4.78, 5) is 10.0. The normalized spacial score (nSPS) is 87.8. The Bertz CT molecular complexity index is 1440. The fraction of sp³-hybridized carbons (Fsp3) is 0.455. The van der Waals surface area contributed by atoms with Crippen LogP contribution >= 0.6 is 19.5 Å². The molecular weight excluding hydrogens is 387 g/mol. The molecule has 2 aromatic rings. The van der Waals surface area contributed by atoms with Gasteiger partial charge in [0.1, 0.15) is 0 Å². The molecule has 3 heteroatoms. The molecule has 0 saturated carbocycles. The predicted molar refractivity (Wildman–Crippen MR) is 100 cm³/mol. The maximum absolute atomic E-state index is 7.95. The van der Waals surface area contributed by atoms with Crippen molar-refractivity contribution in [3.63, 3.8) is 0 Å². The van der Waals surface area contributed by atoms with Crippen LogP contribution in [0, 0.1) is 0 Å². The van der Waals surface area contributed by atoms with E-state index in [4.69, 9.17) is 11.6 Å². The fourth-order valence-electron chi connectivity index (χ4n) is 18.4. The molecule has 0 amide bonds. The van der Waals surface area contributed by atoms with E-state index in [0.29, 0.717) is 7.83 Å². The second-order valence-corrected chi connectivity index (χ2v) is 39.5. The number of halogens is 1. The van der Waals surface area contributed by atoms with Gasteiger partial charge in [0.05, 0.1) is 0 Å². The molecule has 0 bridgehead atoms. The van der Waals surface area contributed by atoms with Crippen molar-refractivity contribution in [2.24, 2.45) is 0 Å². The van der Waals surface area contributed by atoms with Crippen molar-refractivity contribution in [1.29, 1.82) is 0 Å². The Kier molecular flexibility index (Phi) is 0.533. The van der Waals surface area contributed by atoms with E-state index in [-0.39, 0.29) is 7.92 Å². The summed E-state index contributed by atoms with van der Waals surface area (Å²) in [6.45, 7) is -3.45. The van der Waals surface area contributed by atoms with Crippen LogP contribution < -0.4 is 10.6 Å². The van der Waals surface area contributed by atoms with Crippen molar-refractivity contribution in [3.8, 4) is 0 Å². The third-order valence-electron chi connectivity index (χ3n) is 17.0.